The minimum atomic E-state index is -0.239. The Hall–Kier alpha value is -1.83. The third-order valence-corrected chi connectivity index (χ3v) is 2.86. The largest absolute Gasteiger partial charge is 0.395 e. The highest BCUT2D eigenvalue weighted by Crippen LogP contribution is 2.14. The minimum Gasteiger partial charge on any atom is -0.395 e. The van der Waals surface area contributed by atoms with Crippen LogP contribution in [-0.2, 0) is 0 Å². The van der Waals surface area contributed by atoms with Crippen LogP contribution in [0.3, 0.4) is 0 Å². The summed E-state index contributed by atoms with van der Waals surface area (Å²) in [5, 5.41) is 17.9. The van der Waals surface area contributed by atoms with Crippen LogP contribution >= 0.6 is 0 Å². The van der Waals surface area contributed by atoms with Gasteiger partial charge in [-0.1, -0.05) is 30.4 Å². The summed E-state index contributed by atoms with van der Waals surface area (Å²) in [5.41, 5.74) is 2.10. The number of carbonyl (C=O) groups is 1. The van der Waals surface area contributed by atoms with Crippen LogP contribution in [0.2, 0.25) is 0 Å². The van der Waals surface area contributed by atoms with Crippen LogP contribution in [-0.4, -0.2) is 47.3 Å². The Balaban J connectivity index is 3.14. The lowest BCUT2D eigenvalue weighted by atomic mass is 10.0. The van der Waals surface area contributed by atoms with Crippen molar-refractivity contribution >= 4 is 5.91 Å². The average molecular weight is 275 g/mol. The van der Waals surface area contributed by atoms with Gasteiger partial charge in [-0.2, -0.15) is 0 Å². The van der Waals surface area contributed by atoms with Crippen molar-refractivity contribution in [1.29, 1.82) is 0 Å². The summed E-state index contributed by atoms with van der Waals surface area (Å²) in [4.78, 5) is 14.2. The fraction of sp³-hybridized carbons (Fsp3) is 0.438. The van der Waals surface area contributed by atoms with Crippen molar-refractivity contribution in [3.05, 3.63) is 34.9 Å². The van der Waals surface area contributed by atoms with E-state index in [0.717, 1.165) is 12.0 Å². The van der Waals surface area contributed by atoms with E-state index in [9.17, 15) is 4.79 Å². The molecule has 0 aliphatic carbocycles. The number of carbonyl (C=O) groups excluding carboxylic acids is 1. The fourth-order valence-electron chi connectivity index (χ4n) is 1.95. The summed E-state index contributed by atoms with van der Waals surface area (Å²) in [5.74, 6) is 5.24. The molecule has 0 aromatic heterocycles. The van der Waals surface area contributed by atoms with Crippen LogP contribution in [0.25, 0.3) is 0 Å². The van der Waals surface area contributed by atoms with Crippen molar-refractivity contribution in [2.75, 3.05) is 26.3 Å². The van der Waals surface area contributed by atoms with Gasteiger partial charge in [0.15, 0.2) is 0 Å². The van der Waals surface area contributed by atoms with Crippen LogP contribution in [0.5, 0.6) is 0 Å². The quantitative estimate of drug-likeness (QED) is 0.793. The van der Waals surface area contributed by atoms with Crippen molar-refractivity contribution in [3.8, 4) is 11.8 Å². The Morgan fingerprint density at radius 3 is 2.65 bits per heavy atom. The van der Waals surface area contributed by atoms with Gasteiger partial charge in [-0.15, -0.1) is 0 Å². The second-order valence-corrected chi connectivity index (χ2v) is 4.52. The third kappa shape index (κ3) is 4.37. The molecule has 4 nitrogen and oxygen atoms in total. The molecule has 0 spiro atoms. The van der Waals surface area contributed by atoms with Crippen molar-refractivity contribution < 1.29 is 15.0 Å². The molecule has 0 radical (unpaired) electrons. The van der Waals surface area contributed by atoms with E-state index in [2.05, 4.69) is 11.8 Å². The van der Waals surface area contributed by atoms with Crippen LogP contribution < -0.4 is 0 Å². The lowest BCUT2D eigenvalue weighted by molar-refractivity contribution is 0.0721. The predicted octanol–water partition coefficient (Wildman–Crippen LogP) is 1.18. The molecule has 0 fully saturated rings. The maximum atomic E-state index is 12.5. The van der Waals surface area contributed by atoms with E-state index < -0.39 is 0 Å². The molecule has 1 amide bonds. The third-order valence-electron chi connectivity index (χ3n) is 2.86. The Bertz CT molecular complexity index is 508. The Morgan fingerprint density at radius 2 is 2.05 bits per heavy atom. The predicted molar refractivity (Wildman–Crippen MR) is 78.4 cm³/mol. The minimum absolute atomic E-state index is 0.0603. The molecule has 2 N–H and O–H groups in total. The molecule has 0 saturated carbocycles. The Kier molecular flexibility index (Phi) is 6.78. The smallest absolute Gasteiger partial charge is 0.255 e. The number of aliphatic hydroxyl groups excluding tert-OH is 2. The topological polar surface area (TPSA) is 60.8 Å². The van der Waals surface area contributed by atoms with E-state index in [1.807, 2.05) is 19.9 Å². The Morgan fingerprint density at radius 1 is 1.30 bits per heavy atom. The average Bonchev–Trinajstić information content (AvgIpc) is 2.45. The van der Waals surface area contributed by atoms with E-state index in [1.54, 1.807) is 17.0 Å². The summed E-state index contributed by atoms with van der Waals surface area (Å²) >= 11 is 0. The SMILES string of the molecule is CCCN(CCO)C(=O)c1cc(C)ccc1C#CCO. The van der Waals surface area contributed by atoms with Crippen molar-refractivity contribution in [2.45, 2.75) is 20.3 Å². The van der Waals surface area contributed by atoms with Gasteiger partial charge in [-0.05, 0) is 25.5 Å². The molecule has 4 heteroatoms. The van der Waals surface area contributed by atoms with E-state index in [-0.39, 0.29) is 19.1 Å². The molecular weight excluding hydrogens is 254 g/mol. The molecular formula is C16H21NO3. The number of nitrogens with zero attached hydrogens (tertiary/aromatic N) is 1. The molecule has 0 atom stereocenters. The zero-order valence-corrected chi connectivity index (χ0v) is 12.0. The molecule has 0 unspecified atom stereocenters. The summed E-state index contributed by atoms with van der Waals surface area (Å²) in [6.45, 7) is 4.51. The first-order valence-corrected chi connectivity index (χ1v) is 6.74. The fourth-order valence-corrected chi connectivity index (χ4v) is 1.95. The summed E-state index contributed by atoms with van der Waals surface area (Å²) < 4.78 is 0. The van der Waals surface area contributed by atoms with Crippen LogP contribution in [0, 0.1) is 18.8 Å². The maximum Gasteiger partial charge on any atom is 0.255 e. The number of aryl methyl sites for hydroxylation is 1. The monoisotopic (exact) mass is 275 g/mol. The lowest BCUT2D eigenvalue weighted by Gasteiger charge is -2.22. The first kappa shape index (κ1) is 16.2. The normalized spacial score (nSPS) is 9.80. The summed E-state index contributed by atoms with van der Waals surface area (Å²) in [7, 11) is 0. The molecule has 0 saturated heterocycles. The van der Waals surface area contributed by atoms with Crippen LogP contribution in [0.15, 0.2) is 18.2 Å². The number of benzene rings is 1. The molecule has 1 rings (SSSR count). The second kappa shape index (κ2) is 8.36. The molecule has 0 bridgehead atoms. The Labute approximate surface area is 120 Å². The number of rotatable bonds is 5. The molecule has 0 heterocycles. The van der Waals surface area contributed by atoms with Gasteiger partial charge in [0, 0.05) is 18.7 Å². The van der Waals surface area contributed by atoms with Gasteiger partial charge >= 0.3 is 0 Å². The van der Waals surface area contributed by atoms with Crippen molar-refractivity contribution in [3.63, 3.8) is 0 Å². The number of aliphatic hydroxyl groups is 2. The van der Waals surface area contributed by atoms with Crippen molar-refractivity contribution in [2.24, 2.45) is 0 Å². The molecule has 20 heavy (non-hydrogen) atoms. The highest BCUT2D eigenvalue weighted by atomic mass is 16.3. The number of amides is 1. The zero-order valence-electron chi connectivity index (χ0n) is 12.0. The van der Waals surface area contributed by atoms with Crippen LogP contribution in [0.1, 0.15) is 34.8 Å². The highest BCUT2D eigenvalue weighted by Gasteiger charge is 2.17. The van der Waals surface area contributed by atoms with Gasteiger partial charge in [0.2, 0.25) is 0 Å². The van der Waals surface area contributed by atoms with Gasteiger partial charge in [-0.25, -0.2) is 0 Å². The molecule has 0 aliphatic rings. The lowest BCUT2D eigenvalue weighted by Crippen LogP contribution is -2.34. The first-order valence-electron chi connectivity index (χ1n) is 6.74. The first-order chi connectivity index (χ1) is 9.63. The maximum absolute atomic E-state index is 12.5. The van der Waals surface area contributed by atoms with Crippen LogP contribution in [0.4, 0.5) is 0 Å². The molecule has 1 aromatic rings. The number of hydrogen-bond acceptors (Lipinski definition) is 3. The number of hydrogen-bond donors (Lipinski definition) is 2. The van der Waals surface area contributed by atoms with Gasteiger partial charge in [-0.3, -0.25) is 4.79 Å². The summed E-state index contributed by atoms with van der Waals surface area (Å²) in [6.07, 6.45) is 0.829. The second-order valence-electron chi connectivity index (χ2n) is 4.52. The van der Waals surface area contributed by atoms with Gasteiger partial charge in [0.05, 0.1) is 12.2 Å². The zero-order chi connectivity index (χ0) is 15.0. The van der Waals surface area contributed by atoms with Gasteiger partial charge in [0.1, 0.15) is 6.61 Å². The van der Waals surface area contributed by atoms with Gasteiger partial charge < -0.3 is 15.1 Å². The molecule has 1 aromatic carbocycles. The van der Waals surface area contributed by atoms with Crippen molar-refractivity contribution in [1.82, 2.24) is 4.90 Å². The van der Waals surface area contributed by atoms with E-state index in [4.69, 9.17) is 10.2 Å². The van der Waals surface area contributed by atoms with E-state index in [0.29, 0.717) is 24.2 Å². The standard InChI is InChI=1S/C16H21NO3/c1-3-8-17(9-11-19)16(20)15-12-13(2)6-7-14(15)5-4-10-18/h6-7,12,18-19H,3,8-11H2,1-2H3. The molecule has 0 aliphatic heterocycles. The van der Waals surface area contributed by atoms with E-state index >= 15 is 0 Å². The van der Waals surface area contributed by atoms with E-state index in [1.165, 1.54) is 0 Å². The summed E-state index contributed by atoms with van der Waals surface area (Å²) in [6, 6.07) is 5.46. The van der Waals surface area contributed by atoms with Gasteiger partial charge in [0.25, 0.3) is 5.91 Å². The molecule has 108 valence electrons. The highest BCUT2D eigenvalue weighted by molar-refractivity contribution is 5.97.